The second-order valence-electron chi connectivity index (χ2n) is 6.60. The average Bonchev–Trinajstić information content (AvgIpc) is 2.95. The van der Waals surface area contributed by atoms with Gasteiger partial charge in [-0.05, 0) is 45.2 Å². The van der Waals surface area contributed by atoms with Gasteiger partial charge in [0.05, 0.1) is 6.20 Å². The second kappa shape index (κ2) is 8.61. The SMILES string of the molecule is CC(C)(C)OC(=O)NCCCc1ccc(C(=O)Nc2cnc(N)s2)nc1. The number of amides is 2. The van der Waals surface area contributed by atoms with Crippen molar-refractivity contribution in [1.82, 2.24) is 15.3 Å². The molecule has 4 N–H and O–H groups in total. The molecular weight excluding hydrogens is 354 g/mol. The van der Waals surface area contributed by atoms with Crippen molar-refractivity contribution in [1.29, 1.82) is 0 Å². The maximum atomic E-state index is 12.1. The Bertz CT molecular complexity index is 753. The van der Waals surface area contributed by atoms with Gasteiger partial charge in [0.15, 0.2) is 5.13 Å². The summed E-state index contributed by atoms with van der Waals surface area (Å²) in [6.07, 6.45) is 4.21. The Labute approximate surface area is 156 Å². The summed E-state index contributed by atoms with van der Waals surface area (Å²) in [5, 5.41) is 6.37. The number of aryl methyl sites for hydroxylation is 1. The minimum atomic E-state index is -0.505. The van der Waals surface area contributed by atoms with E-state index in [1.807, 2.05) is 26.8 Å². The van der Waals surface area contributed by atoms with E-state index in [-0.39, 0.29) is 5.91 Å². The molecule has 0 atom stereocenters. The Balaban J connectivity index is 1.75. The third-order valence-electron chi connectivity index (χ3n) is 3.13. The van der Waals surface area contributed by atoms with Gasteiger partial charge >= 0.3 is 6.09 Å². The van der Waals surface area contributed by atoms with Crippen LogP contribution in [0.2, 0.25) is 0 Å². The number of carbonyl (C=O) groups is 2. The number of anilines is 2. The van der Waals surface area contributed by atoms with Gasteiger partial charge in [-0.25, -0.2) is 9.78 Å². The molecule has 9 heteroatoms. The molecule has 0 aliphatic heterocycles. The van der Waals surface area contributed by atoms with Gasteiger partial charge in [0.1, 0.15) is 16.3 Å². The first-order chi connectivity index (χ1) is 12.2. The lowest BCUT2D eigenvalue weighted by molar-refractivity contribution is 0.0527. The number of nitrogens with one attached hydrogen (secondary N) is 2. The summed E-state index contributed by atoms with van der Waals surface area (Å²) in [7, 11) is 0. The van der Waals surface area contributed by atoms with Gasteiger partial charge in [0.2, 0.25) is 0 Å². The van der Waals surface area contributed by atoms with Crippen LogP contribution in [0.25, 0.3) is 0 Å². The fourth-order valence-corrected chi connectivity index (χ4v) is 2.61. The smallest absolute Gasteiger partial charge is 0.407 e. The number of nitrogens with two attached hydrogens (primary N) is 1. The predicted octanol–water partition coefficient (Wildman–Crippen LogP) is 2.83. The molecule has 2 rings (SSSR count). The number of pyridine rings is 1. The molecule has 0 spiro atoms. The van der Waals surface area contributed by atoms with Crippen LogP contribution in [-0.4, -0.2) is 34.1 Å². The van der Waals surface area contributed by atoms with E-state index in [2.05, 4.69) is 20.6 Å². The summed E-state index contributed by atoms with van der Waals surface area (Å²) < 4.78 is 5.16. The van der Waals surface area contributed by atoms with Gasteiger partial charge in [-0.15, -0.1) is 0 Å². The van der Waals surface area contributed by atoms with Crippen LogP contribution in [-0.2, 0) is 11.2 Å². The van der Waals surface area contributed by atoms with Crippen LogP contribution in [0, 0.1) is 0 Å². The Morgan fingerprint density at radius 2 is 2.00 bits per heavy atom. The zero-order chi connectivity index (χ0) is 19.2. The van der Waals surface area contributed by atoms with Crippen molar-refractivity contribution in [3.63, 3.8) is 0 Å². The fourth-order valence-electron chi connectivity index (χ4n) is 2.03. The molecule has 0 unspecified atom stereocenters. The van der Waals surface area contributed by atoms with Crippen LogP contribution in [0.5, 0.6) is 0 Å². The number of rotatable bonds is 6. The van der Waals surface area contributed by atoms with Gasteiger partial charge in [0, 0.05) is 12.7 Å². The summed E-state index contributed by atoms with van der Waals surface area (Å²) >= 11 is 1.20. The van der Waals surface area contributed by atoms with Crippen molar-refractivity contribution in [2.24, 2.45) is 0 Å². The molecule has 2 aromatic heterocycles. The van der Waals surface area contributed by atoms with Crippen LogP contribution in [0.1, 0.15) is 43.2 Å². The van der Waals surface area contributed by atoms with Crippen molar-refractivity contribution < 1.29 is 14.3 Å². The molecule has 2 aromatic rings. The number of hydrogen-bond donors (Lipinski definition) is 3. The topological polar surface area (TPSA) is 119 Å². The zero-order valence-corrected chi connectivity index (χ0v) is 15.9. The standard InChI is InChI=1S/C17H23N5O3S/c1-17(2,3)25-16(24)19-8-4-5-11-6-7-12(20-9-11)14(23)22-13-10-21-15(18)26-13/h6-7,9-10H,4-5,8H2,1-3H3,(H2,18,21)(H,19,24)(H,22,23). The fraction of sp³-hybridized carbons (Fsp3) is 0.412. The molecule has 0 saturated heterocycles. The molecule has 2 amide bonds. The van der Waals surface area contributed by atoms with E-state index >= 15 is 0 Å². The van der Waals surface area contributed by atoms with E-state index in [1.54, 1.807) is 12.3 Å². The second-order valence-corrected chi connectivity index (χ2v) is 7.66. The minimum Gasteiger partial charge on any atom is -0.444 e. The largest absolute Gasteiger partial charge is 0.444 e. The molecule has 0 radical (unpaired) electrons. The zero-order valence-electron chi connectivity index (χ0n) is 15.0. The summed E-state index contributed by atoms with van der Waals surface area (Å²) in [5.74, 6) is -0.313. The molecule has 0 aromatic carbocycles. The van der Waals surface area contributed by atoms with E-state index in [9.17, 15) is 9.59 Å². The number of ether oxygens (including phenoxy) is 1. The summed E-state index contributed by atoms with van der Waals surface area (Å²) in [5.41, 5.74) is 6.31. The van der Waals surface area contributed by atoms with Gasteiger partial charge in [-0.2, -0.15) is 0 Å². The minimum absolute atomic E-state index is 0.313. The lowest BCUT2D eigenvalue weighted by Gasteiger charge is -2.19. The first kappa shape index (κ1) is 19.6. The van der Waals surface area contributed by atoms with Gasteiger partial charge in [-0.1, -0.05) is 17.4 Å². The van der Waals surface area contributed by atoms with Crippen LogP contribution in [0.4, 0.5) is 14.9 Å². The number of nitrogen functional groups attached to an aromatic ring is 1. The van der Waals surface area contributed by atoms with Crippen molar-refractivity contribution in [2.45, 2.75) is 39.2 Å². The number of carbonyl (C=O) groups excluding carboxylic acids is 2. The maximum Gasteiger partial charge on any atom is 0.407 e. The van der Waals surface area contributed by atoms with Crippen LogP contribution >= 0.6 is 11.3 Å². The molecule has 0 saturated carbocycles. The van der Waals surface area contributed by atoms with Crippen molar-refractivity contribution in [2.75, 3.05) is 17.6 Å². The Hall–Kier alpha value is -2.68. The number of alkyl carbamates (subject to hydrolysis) is 1. The molecular formula is C17H23N5O3S. The third kappa shape index (κ3) is 6.67. The summed E-state index contributed by atoms with van der Waals surface area (Å²) in [6.45, 7) is 5.96. The summed E-state index contributed by atoms with van der Waals surface area (Å²) in [4.78, 5) is 31.7. The molecule has 0 fully saturated rings. The van der Waals surface area contributed by atoms with Crippen LogP contribution < -0.4 is 16.4 Å². The van der Waals surface area contributed by atoms with Crippen LogP contribution in [0.15, 0.2) is 24.5 Å². The van der Waals surface area contributed by atoms with Gasteiger partial charge < -0.3 is 21.1 Å². The third-order valence-corrected chi connectivity index (χ3v) is 3.87. The van der Waals surface area contributed by atoms with Gasteiger partial charge in [0.25, 0.3) is 5.91 Å². The lowest BCUT2D eigenvalue weighted by Crippen LogP contribution is -2.33. The van der Waals surface area contributed by atoms with Crippen LogP contribution in [0.3, 0.4) is 0 Å². The normalized spacial score (nSPS) is 11.0. The Kier molecular flexibility index (Phi) is 6.51. The molecule has 26 heavy (non-hydrogen) atoms. The highest BCUT2D eigenvalue weighted by Gasteiger charge is 2.15. The molecule has 140 valence electrons. The number of nitrogens with zero attached hydrogens (tertiary/aromatic N) is 2. The Morgan fingerprint density at radius 1 is 1.23 bits per heavy atom. The monoisotopic (exact) mass is 377 g/mol. The van der Waals surface area contributed by atoms with E-state index in [1.165, 1.54) is 17.5 Å². The first-order valence-electron chi connectivity index (χ1n) is 8.17. The van der Waals surface area contributed by atoms with E-state index in [4.69, 9.17) is 10.5 Å². The van der Waals surface area contributed by atoms with Crippen molar-refractivity contribution >= 4 is 33.5 Å². The molecule has 2 heterocycles. The Morgan fingerprint density at radius 3 is 2.58 bits per heavy atom. The van der Waals surface area contributed by atoms with Gasteiger partial charge in [-0.3, -0.25) is 9.78 Å². The molecule has 0 bridgehead atoms. The van der Waals surface area contributed by atoms with E-state index in [0.717, 1.165) is 18.4 Å². The van der Waals surface area contributed by atoms with E-state index < -0.39 is 11.7 Å². The highest BCUT2D eigenvalue weighted by Crippen LogP contribution is 2.20. The van der Waals surface area contributed by atoms with E-state index in [0.29, 0.717) is 22.4 Å². The average molecular weight is 377 g/mol. The quantitative estimate of drug-likeness (QED) is 0.666. The maximum absolute atomic E-state index is 12.1. The lowest BCUT2D eigenvalue weighted by atomic mass is 10.1. The highest BCUT2D eigenvalue weighted by atomic mass is 32.1. The molecule has 0 aliphatic carbocycles. The number of hydrogen-bond acceptors (Lipinski definition) is 7. The molecule has 0 aliphatic rings. The number of thiazole rings is 1. The van der Waals surface area contributed by atoms with Crippen molar-refractivity contribution in [3.05, 3.63) is 35.8 Å². The highest BCUT2D eigenvalue weighted by molar-refractivity contribution is 7.19. The summed E-state index contributed by atoms with van der Waals surface area (Å²) in [6, 6.07) is 3.51. The van der Waals surface area contributed by atoms with Crippen molar-refractivity contribution in [3.8, 4) is 0 Å². The predicted molar refractivity (Wildman–Crippen MR) is 101 cm³/mol. The molecule has 8 nitrogen and oxygen atoms in total. The number of aromatic nitrogens is 2. The first-order valence-corrected chi connectivity index (χ1v) is 8.99.